The third-order valence-electron chi connectivity index (χ3n) is 2.01. The zero-order valence-electron chi connectivity index (χ0n) is 10.1. The number of methoxy groups -OCH3 is 2. The molecular formula is C11H9ClN2O4S. The number of halogens is 1. The quantitative estimate of drug-likeness (QED) is 0.617. The first-order chi connectivity index (χ1) is 9.03. The number of pyridine rings is 1. The Hall–Kier alpha value is -1.78. The van der Waals surface area contributed by atoms with Crippen molar-refractivity contribution in [2.45, 2.75) is 5.03 Å². The largest absolute Gasteiger partial charge is 0.468 e. The van der Waals surface area contributed by atoms with Crippen molar-refractivity contribution in [3.8, 4) is 6.07 Å². The number of hydrogen-bond acceptors (Lipinski definition) is 7. The van der Waals surface area contributed by atoms with Crippen LogP contribution < -0.4 is 0 Å². The second-order valence-corrected chi connectivity index (χ2v) is 4.51. The molecule has 19 heavy (non-hydrogen) atoms. The van der Waals surface area contributed by atoms with Crippen molar-refractivity contribution in [3.63, 3.8) is 0 Å². The Morgan fingerprint density at radius 1 is 1.47 bits per heavy atom. The Morgan fingerprint density at radius 3 is 2.68 bits per heavy atom. The van der Waals surface area contributed by atoms with Gasteiger partial charge in [0.1, 0.15) is 11.1 Å². The van der Waals surface area contributed by atoms with Gasteiger partial charge in [0.15, 0.2) is 5.69 Å². The lowest BCUT2D eigenvalue weighted by atomic mass is 10.2. The highest BCUT2D eigenvalue weighted by atomic mass is 35.5. The molecule has 0 saturated heterocycles. The second-order valence-electron chi connectivity index (χ2n) is 3.14. The monoisotopic (exact) mass is 300 g/mol. The summed E-state index contributed by atoms with van der Waals surface area (Å²) in [4.78, 5) is 26.6. The van der Waals surface area contributed by atoms with Crippen LogP contribution in [0.2, 0.25) is 5.02 Å². The van der Waals surface area contributed by atoms with E-state index in [-0.39, 0.29) is 27.1 Å². The molecule has 1 heterocycles. The Bertz CT molecular complexity index is 556. The molecule has 0 aliphatic rings. The lowest BCUT2D eigenvalue weighted by Gasteiger charge is -2.07. The van der Waals surface area contributed by atoms with Gasteiger partial charge in [0, 0.05) is 0 Å². The van der Waals surface area contributed by atoms with Crippen LogP contribution in [-0.2, 0) is 14.3 Å². The number of nitriles is 1. The first-order valence-electron chi connectivity index (χ1n) is 4.92. The van der Waals surface area contributed by atoms with Crippen LogP contribution in [0.25, 0.3) is 0 Å². The maximum Gasteiger partial charge on any atom is 0.340 e. The molecule has 0 aliphatic heterocycles. The summed E-state index contributed by atoms with van der Waals surface area (Å²) in [5.74, 6) is -1.16. The Labute approximate surface area is 118 Å². The average Bonchev–Trinajstić information content (AvgIpc) is 2.44. The minimum absolute atomic E-state index is 0.0262. The van der Waals surface area contributed by atoms with E-state index >= 15 is 0 Å². The van der Waals surface area contributed by atoms with Crippen molar-refractivity contribution in [2.75, 3.05) is 20.0 Å². The normalized spacial score (nSPS) is 9.58. The van der Waals surface area contributed by atoms with E-state index in [2.05, 4.69) is 14.5 Å². The van der Waals surface area contributed by atoms with E-state index in [4.69, 9.17) is 16.9 Å². The number of ether oxygens (including phenoxy) is 2. The number of aromatic nitrogens is 1. The van der Waals surface area contributed by atoms with E-state index < -0.39 is 11.9 Å². The summed E-state index contributed by atoms with van der Waals surface area (Å²) in [6.45, 7) is 0. The smallest absolute Gasteiger partial charge is 0.340 e. The molecule has 0 N–H and O–H groups in total. The van der Waals surface area contributed by atoms with E-state index in [0.717, 1.165) is 11.8 Å². The molecule has 0 fully saturated rings. The van der Waals surface area contributed by atoms with Crippen LogP contribution in [0.3, 0.4) is 0 Å². The molecule has 100 valence electrons. The number of carbonyl (C=O) groups excluding carboxylic acids is 2. The van der Waals surface area contributed by atoms with Gasteiger partial charge in [0.25, 0.3) is 0 Å². The lowest BCUT2D eigenvalue weighted by Crippen LogP contribution is -2.09. The topological polar surface area (TPSA) is 89.3 Å². The van der Waals surface area contributed by atoms with Crippen molar-refractivity contribution < 1.29 is 19.1 Å². The van der Waals surface area contributed by atoms with Crippen LogP contribution >= 0.6 is 23.4 Å². The van der Waals surface area contributed by atoms with Gasteiger partial charge in [-0.05, 0) is 6.07 Å². The highest BCUT2D eigenvalue weighted by molar-refractivity contribution is 8.00. The van der Waals surface area contributed by atoms with Gasteiger partial charge in [-0.3, -0.25) is 4.79 Å². The molecule has 8 heteroatoms. The van der Waals surface area contributed by atoms with Gasteiger partial charge in [0.2, 0.25) is 0 Å². The summed E-state index contributed by atoms with van der Waals surface area (Å²) in [7, 11) is 2.46. The number of hydrogen-bond donors (Lipinski definition) is 0. The molecular weight excluding hydrogens is 292 g/mol. The molecule has 1 rings (SSSR count). The van der Waals surface area contributed by atoms with Gasteiger partial charge in [-0.15, -0.1) is 0 Å². The van der Waals surface area contributed by atoms with Crippen LogP contribution in [0.1, 0.15) is 16.1 Å². The number of esters is 2. The molecule has 0 amide bonds. The molecule has 0 aromatic carbocycles. The third kappa shape index (κ3) is 3.84. The molecule has 6 nitrogen and oxygen atoms in total. The summed E-state index contributed by atoms with van der Waals surface area (Å²) in [6, 6.07) is 3.09. The van der Waals surface area contributed by atoms with Crippen LogP contribution in [0, 0.1) is 11.3 Å². The minimum Gasteiger partial charge on any atom is -0.468 e. The maximum atomic E-state index is 11.6. The average molecular weight is 301 g/mol. The predicted molar refractivity (Wildman–Crippen MR) is 68.0 cm³/mol. The zero-order valence-corrected chi connectivity index (χ0v) is 11.7. The first-order valence-corrected chi connectivity index (χ1v) is 6.28. The van der Waals surface area contributed by atoms with Crippen LogP contribution in [0.4, 0.5) is 0 Å². The van der Waals surface area contributed by atoms with Crippen LogP contribution in [-0.4, -0.2) is 36.9 Å². The lowest BCUT2D eigenvalue weighted by molar-refractivity contribution is -0.137. The Kier molecular flexibility index (Phi) is 5.60. The maximum absolute atomic E-state index is 11.6. The van der Waals surface area contributed by atoms with E-state index in [1.54, 1.807) is 6.07 Å². The van der Waals surface area contributed by atoms with Gasteiger partial charge >= 0.3 is 11.9 Å². The van der Waals surface area contributed by atoms with E-state index in [9.17, 15) is 9.59 Å². The summed E-state index contributed by atoms with van der Waals surface area (Å²) in [6.07, 6.45) is 0. The SMILES string of the molecule is COC(=O)CSc1nc(C#N)c(Cl)cc1C(=O)OC. The molecule has 0 radical (unpaired) electrons. The molecule has 0 spiro atoms. The third-order valence-corrected chi connectivity index (χ3v) is 3.26. The minimum atomic E-state index is -0.647. The molecule has 1 aromatic heterocycles. The zero-order chi connectivity index (χ0) is 14.4. The van der Waals surface area contributed by atoms with E-state index in [1.807, 2.05) is 0 Å². The summed E-state index contributed by atoms with van der Waals surface area (Å²) in [5, 5.41) is 9.08. The van der Waals surface area contributed by atoms with Gasteiger partial charge in [-0.1, -0.05) is 23.4 Å². The van der Waals surface area contributed by atoms with Gasteiger partial charge in [-0.2, -0.15) is 5.26 Å². The molecule has 0 unspecified atom stereocenters. The number of carbonyl (C=O) groups is 2. The van der Waals surface area contributed by atoms with E-state index in [1.165, 1.54) is 20.3 Å². The predicted octanol–water partition coefficient (Wildman–Crippen LogP) is 1.66. The first kappa shape index (κ1) is 15.3. The van der Waals surface area contributed by atoms with Crippen molar-refractivity contribution in [1.29, 1.82) is 5.26 Å². The van der Waals surface area contributed by atoms with Crippen LogP contribution in [0.5, 0.6) is 0 Å². The molecule has 0 saturated carbocycles. The highest BCUT2D eigenvalue weighted by Crippen LogP contribution is 2.26. The number of rotatable bonds is 4. The summed E-state index contributed by atoms with van der Waals surface area (Å²) in [5.41, 5.74) is 0.0714. The standard InChI is InChI=1S/C11H9ClN2O4S/c1-17-9(15)5-19-10-6(11(16)18-2)3-7(12)8(4-13)14-10/h3H,5H2,1-2H3. The van der Waals surface area contributed by atoms with Gasteiger partial charge < -0.3 is 9.47 Å². The molecule has 0 bridgehead atoms. The van der Waals surface area contributed by atoms with Crippen molar-refractivity contribution in [1.82, 2.24) is 4.98 Å². The van der Waals surface area contributed by atoms with Crippen molar-refractivity contribution in [2.24, 2.45) is 0 Å². The molecule has 0 atom stereocenters. The van der Waals surface area contributed by atoms with Crippen molar-refractivity contribution in [3.05, 3.63) is 22.3 Å². The molecule has 0 aliphatic carbocycles. The summed E-state index contributed by atoms with van der Waals surface area (Å²) >= 11 is 6.76. The number of thioether (sulfide) groups is 1. The fourth-order valence-corrected chi connectivity index (χ4v) is 2.12. The molecule has 1 aromatic rings. The van der Waals surface area contributed by atoms with Gasteiger partial charge in [-0.25, -0.2) is 9.78 Å². The Balaban J connectivity index is 3.14. The van der Waals surface area contributed by atoms with Gasteiger partial charge in [0.05, 0.1) is 30.6 Å². The fraction of sp³-hybridized carbons (Fsp3) is 0.273. The summed E-state index contributed by atoms with van der Waals surface area (Å²) < 4.78 is 9.07. The Morgan fingerprint density at radius 2 is 2.16 bits per heavy atom. The number of nitrogens with zero attached hydrogens (tertiary/aromatic N) is 2. The second kappa shape index (κ2) is 6.97. The fourth-order valence-electron chi connectivity index (χ4n) is 1.10. The van der Waals surface area contributed by atoms with Crippen LogP contribution in [0.15, 0.2) is 11.1 Å². The van der Waals surface area contributed by atoms with E-state index in [0.29, 0.717) is 0 Å². The highest BCUT2D eigenvalue weighted by Gasteiger charge is 2.18. The van der Waals surface area contributed by atoms with Crippen molar-refractivity contribution >= 4 is 35.3 Å².